The fourth-order valence-electron chi connectivity index (χ4n) is 1.44. The van der Waals surface area contributed by atoms with Gasteiger partial charge in [0.1, 0.15) is 0 Å². The molecule has 0 aromatic heterocycles. The minimum Gasteiger partial charge on any atom is -0.325 e. The van der Waals surface area contributed by atoms with Gasteiger partial charge in [-0.2, -0.15) is 0 Å². The first kappa shape index (κ1) is 13.7. The summed E-state index contributed by atoms with van der Waals surface area (Å²) in [6.45, 7) is 8.64. The quantitative estimate of drug-likeness (QED) is 0.822. The Morgan fingerprint density at radius 3 is 2.59 bits per heavy atom. The standard InChI is InChI=1S/C14H22N2O/c1-5-12(4)15-9-14(17)16-13-7-6-10(2)11(3)8-13/h6-8,12,15H,5,9H2,1-4H3,(H,16,17). The van der Waals surface area contributed by atoms with Crippen molar-refractivity contribution in [3.8, 4) is 0 Å². The molecule has 1 aromatic rings. The van der Waals surface area contributed by atoms with Crippen LogP contribution >= 0.6 is 0 Å². The summed E-state index contributed by atoms with van der Waals surface area (Å²) >= 11 is 0. The lowest BCUT2D eigenvalue weighted by Crippen LogP contribution is -2.33. The topological polar surface area (TPSA) is 41.1 Å². The Kier molecular flexibility index (Phi) is 5.16. The van der Waals surface area contributed by atoms with Crippen molar-refractivity contribution in [1.82, 2.24) is 5.32 Å². The van der Waals surface area contributed by atoms with Gasteiger partial charge in [-0.1, -0.05) is 13.0 Å². The third-order valence-electron chi connectivity index (χ3n) is 3.01. The van der Waals surface area contributed by atoms with Crippen molar-refractivity contribution in [3.05, 3.63) is 29.3 Å². The average molecular weight is 234 g/mol. The molecule has 0 aliphatic carbocycles. The molecule has 17 heavy (non-hydrogen) atoms. The molecule has 3 nitrogen and oxygen atoms in total. The molecule has 0 aliphatic heterocycles. The predicted molar refractivity (Wildman–Crippen MR) is 72.3 cm³/mol. The van der Waals surface area contributed by atoms with E-state index in [0.29, 0.717) is 12.6 Å². The maximum Gasteiger partial charge on any atom is 0.238 e. The van der Waals surface area contributed by atoms with Crippen LogP contribution in [0.2, 0.25) is 0 Å². The van der Waals surface area contributed by atoms with Crippen LogP contribution in [0.1, 0.15) is 31.4 Å². The Bertz CT molecular complexity index is 388. The Balaban J connectivity index is 2.48. The van der Waals surface area contributed by atoms with Gasteiger partial charge in [0.2, 0.25) is 5.91 Å². The molecule has 1 atom stereocenters. The number of carbonyl (C=O) groups excluding carboxylic acids is 1. The molecule has 0 fully saturated rings. The van der Waals surface area contributed by atoms with Crippen molar-refractivity contribution < 1.29 is 4.79 Å². The highest BCUT2D eigenvalue weighted by molar-refractivity contribution is 5.92. The zero-order chi connectivity index (χ0) is 12.8. The summed E-state index contributed by atoms with van der Waals surface area (Å²) < 4.78 is 0. The van der Waals surface area contributed by atoms with E-state index in [2.05, 4.69) is 31.4 Å². The largest absolute Gasteiger partial charge is 0.325 e. The monoisotopic (exact) mass is 234 g/mol. The van der Waals surface area contributed by atoms with Crippen LogP contribution in [0.25, 0.3) is 0 Å². The minimum absolute atomic E-state index is 0.00792. The molecule has 94 valence electrons. The molecule has 0 bridgehead atoms. The second kappa shape index (κ2) is 6.40. The molecule has 2 N–H and O–H groups in total. The summed E-state index contributed by atoms with van der Waals surface area (Å²) in [6.07, 6.45) is 1.02. The van der Waals surface area contributed by atoms with Gasteiger partial charge in [-0.05, 0) is 50.5 Å². The highest BCUT2D eigenvalue weighted by Gasteiger charge is 2.04. The fraction of sp³-hybridized carbons (Fsp3) is 0.500. The van der Waals surface area contributed by atoms with Crippen LogP contribution in [-0.2, 0) is 4.79 Å². The van der Waals surface area contributed by atoms with E-state index >= 15 is 0 Å². The van der Waals surface area contributed by atoms with E-state index in [4.69, 9.17) is 0 Å². The van der Waals surface area contributed by atoms with E-state index in [1.807, 2.05) is 25.1 Å². The van der Waals surface area contributed by atoms with Gasteiger partial charge >= 0.3 is 0 Å². The van der Waals surface area contributed by atoms with Gasteiger partial charge in [0.25, 0.3) is 0 Å². The number of anilines is 1. The van der Waals surface area contributed by atoms with E-state index in [9.17, 15) is 4.79 Å². The molecule has 3 heteroatoms. The van der Waals surface area contributed by atoms with Crippen LogP contribution in [0.5, 0.6) is 0 Å². The van der Waals surface area contributed by atoms with Gasteiger partial charge in [-0.15, -0.1) is 0 Å². The van der Waals surface area contributed by atoms with Gasteiger partial charge in [-0.25, -0.2) is 0 Å². The van der Waals surface area contributed by atoms with E-state index in [1.165, 1.54) is 11.1 Å². The highest BCUT2D eigenvalue weighted by Crippen LogP contribution is 2.13. The van der Waals surface area contributed by atoms with Crippen molar-refractivity contribution >= 4 is 11.6 Å². The van der Waals surface area contributed by atoms with Crippen LogP contribution in [0.4, 0.5) is 5.69 Å². The average Bonchev–Trinajstić information content (AvgIpc) is 2.31. The Morgan fingerprint density at radius 1 is 1.29 bits per heavy atom. The van der Waals surface area contributed by atoms with Crippen molar-refractivity contribution in [2.75, 3.05) is 11.9 Å². The summed E-state index contributed by atoms with van der Waals surface area (Å²) in [7, 11) is 0. The number of amides is 1. The zero-order valence-electron chi connectivity index (χ0n) is 11.1. The number of hydrogen-bond acceptors (Lipinski definition) is 2. The van der Waals surface area contributed by atoms with Crippen LogP contribution in [0.15, 0.2) is 18.2 Å². The number of nitrogens with one attached hydrogen (secondary N) is 2. The van der Waals surface area contributed by atoms with E-state index in [-0.39, 0.29) is 5.91 Å². The molecular formula is C14H22N2O. The second-order valence-electron chi connectivity index (χ2n) is 4.54. The molecule has 0 saturated heterocycles. The molecule has 1 aromatic carbocycles. The van der Waals surface area contributed by atoms with E-state index in [1.54, 1.807) is 0 Å². The summed E-state index contributed by atoms with van der Waals surface area (Å²) in [4.78, 5) is 11.7. The third-order valence-corrected chi connectivity index (χ3v) is 3.01. The number of benzene rings is 1. The van der Waals surface area contributed by atoms with Crippen molar-refractivity contribution in [2.45, 2.75) is 40.2 Å². The third kappa shape index (κ3) is 4.57. The van der Waals surface area contributed by atoms with Gasteiger partial charge in [0.05, 0.1) is 6.54 Å². The first-order valence-electron chi connectivity index (χ1n) is 6.13. The first-order valence-corrected chi connectivity index (χ1v) is 6.13. The molecular weight excluding hydrogens is 212 g/mol. The van der Waals surface area contributed by atoms with E-state index in [0.717, 1.165) is 12.1 Å². The molecule has 0 spiro atoms. The van der Waals surface area contributed by atoms with E-state index < -0.39 is 0 Å². The summed E-state index contributed by atoms with van der Waals surface area (Å²) in [5.41, 5.74) is 3.29. The van der Waals surface area contributed by atoms with Crippen molar-refractivity contribution in [1.29, 1.82) is 0 Å². The smallest absolute Gasteiger partial charge is 0.238 e. The predicted octanol–water partition coefficient (Wildman–Crippen LogP) is 2.63. The SMILES string of the molecule is CCC(C)NCC(=O)Nc1ccc(C)c(C)c1. The van der Waals surface area contributed by atoms with Gasteiger partial charge in [0.15, 0.2) is 0 Å². The number of aryl methyl sites for hydroxylation is 2. The number of rotatable bonds is 5. The number of hydrogen-bond donors (Lipinski definition) is 2. The Morgan fingerprint density at radius 2 is 2.00 bits per heavy atom. The molecule has 1 unspecified atom stereocenters. The molecule has 0 saturated carbocycles. The maximum absolute atomic E-state index is 11.7. The van der Waals surface area contributed by atoms with Crippen molar-refractivity contribution in [3.63, 3.8) is 0 Å². The van der Waals surface area contributed by atoms with Gasteiger partial charge in [-0.3, -0.25) is 4.79 Å². The molecule has 1 rings (SSSR count). The maximum atomic E-state index is 11.7. The molecule has 0 radical (unpaired) electrons. The van der Waals surface area contributed by atoms with Crippen LogP contribution in [-0.4, -0.2) is 18.5 Å². The Labute approximate surface area is 104 Å². The van der Waals surface area contributed by atoms with Crippen LogP contribution in [0, 0.1) is 13.8 Å². The minimum atomic E-state index is 0.00792. The van der Waals surface area contributed by atoms with Crippen LogP contribution in [0.3, 0.4) is 0 Å². The fourth-order valence-corrected chi connectivity index (χ4v) is 1.44. The second-order valence-corrected chi connectivity index (χ2v) is 4.54. The Hall–Kier alpha value is -1.35. The van der Waals surface area contributed by atoms with Crippen LogP contribution < -0.4 is 10.6 Å². The number of carbonyl (C=O) groups is 1. The molecule has 1 amide bonds. The molecule has 0 aliphatic rings. The van der Waals surface area contributed by atoms with Gasteiger partial charge in [0, 0.05) is 11.7 Å². The lowest BCUT2D eigenvalue weighted by molar-refractivity contribution is -0.115. The lowest BCUT2D eigenvalue weighted by Gasteiger charge is -2.12. The summed E-state index contributed by atoms with van der Waals surface area (Å²) in [6, 6.07) is 6.33. The molecule has 0 heterocycles. The van der Waals surface area contributed by atoms with Gasteiger partial charge < -0.3 is 10.6 Å². The summed E-state index contributed by atoms with van der Waals surface area (Å²) in [5, 5.41) is 6.05. The highest BCUT2D eigenvalue weighted by atomic mass is 16.1. The summed E-state index contributed by atoms with van der Waals surface area (Å²) in [5.74, 6) is 0.00792. The van der Waals surface area contributed by atoms with Crippen molar-refractivity contribution in [2.24, 2.45) is 0 Å². The lowest BCUT2D eigenvalue weighted by atomic mass is 10.1. The normalized spacial score (nSPS) is 12.2. The zero-order valence-corrected chi connectivity index (χ0v) is 11.1. The first-order chi connectivity index (χ1) is 8.02.